The zero-order valence-corrected chi connectivity index (χ0v) is 20.7. The van der Waals surface area contributed by atoms with E-state index < -0.39 is 44.5 Å². The van der Waals surface area contributed by atoms with Crippen molar-refractivity contribution in [2.75, 3.05) is 7.11 Å². The average molecular weight is 460 g/mol. The lowest BCUT2D eigenvalue weighted by Gasteiger charge is -2.43. The van der Waals surface area contributed by atoms with Gasteiger partial charge in [-0.25, -0.2) is 9.59 Å². The number of esters is 1. The van der Waals surface area contributed by atoms with E-state index in [9.17, 15) is 14.4 Å². The third-order valence-corrected chi connectivity index (χ3v) is 11.3. The van der Waals surface area contributed by atoms with Gasteiger partial charge in [-0.15, -0.1) is 0 Å². The molecule has 0 saturated carbocycles. The molecule has 1 fully saturated rings. The van der Waals surface area contributed by atoms with Crippen LogP contribution in [0.25, 0.3) is 0 Å². The summed E-state index contributed by atoms with van der Waals surface area (Å²) < 4.78 is 17.1. The minimum Gasteiger partial charge on any atom is -0.467 e. The summed E-state index contributed by atoms with van der Waals surface area (Å²) in [4.78, 5) is 39.9. The monoisotopic (exact) mass is 459 g/mol. The standard InChI is InChI=1S/C24H33NO6Si/c1-24(2,3)32(5,6)31-20-13-12-19(26)17-14-18(22(27)29-4)25(21(17)20)23(28)30-15-16-10-8-7-9-11-16/h7-13,17-18,20-21H,14-15H2,1-6H3/t17-,18-,20+,21-/m0/s1. The summed E-state index contributed by atoms with van der Waals surface area (Å²) in [5, 5.41) is -0.0587. The first-order chi connectivity index (χ1) is 15.0. The van der Waals surface area contributed by atoms with Gasteiger partial charge >= 0.3 is 12.1 Å². The Bertz CT molecular complexity index is 892. The van der Waals surface area contributed by atoms with E-state index in [0.29, 0.717) is 0 Å². The van der Waals surface area contributed by atoms with Crippen molar-refractivity contribution in [2.45, 2.75) is 70.1 Å². The zero-order valence-electron chi connectivity index (χ0n) is 19.7. The van der Waals surface area contributed by atoms with Crippen molar-refractivity contribution in [2.24, 2.45) is 5.92 Å². The summed E-state index contributed by atoms with van der Waals surface area (Å²) >= 11 is 0. The highest BCUT2D eigenvalue weighted by atomic mass is 28.4. The van der Waals surface area contributed by atoms with Gasteiger partial charge in [-0.2, -0.15) is 0 Å². The molecule has 2 aliphatic rings. The van der Waals surface area contributed by atoms with Gasteiger partial charge in [0.25, 0.3) is 0 Å². The Balaban J connectivity index is 1.91. The molecule has 0 unspecified atom stereocenters. The van der Waals surface area contributed by atoms with Gasteiger partial charge in [0.05, 0.1) is 19.3 Å². The van der Waals surface area contributed by atoms with E-state index in [1.807, 2.05) is 30.3 Å². The van der Waals surface area contributed by atoms with Gasteiger partial charge in [-0.05, 0) is 36.2 Å². The fourth-order valence-corrected chi connectivity index (χ4v) is 5.26. The lowest BCUT2D eigenvalue weighted by molar-refractivity contribution is -0.146. The predicted molar refractivity (Wildman–Crippen MR) is 122 cm³/mol. The number of rotatable bonds is 5. The molecule has 8 heteroatoms. The van der Waals surface area contributed by atoms with Crippen LogP contribution in [0.5, 0.6) is 0 Å². The van der Waals surface area contributed by atoms with Crippen LogP contribution in [0.15, 0.2) is 42.5 Å². The van der Waals surface area contributed by atoms with Crippen molar-refractivity contribution >= 4 is 26.2 Å². The minimum absolute atomic E-state index is 0.0587. The number of hydrogen-bond acceptors (Lipinski definition) is 6. The summed E-state index contributed by atoms with van der Waals surface area (Å²) in [5.74, 6) is -1.21. The summed E-state index contributed by atoms with van der Waals surface area (Å²) in [6.45, 7) is 10.7. The summed E-state index contributed by atoms with van der Waals surface area (Å²) in [6, 6.07) is 7.80. The molecule has 1 aromatic rings. The Morgan fingerprint density at radius 1 is 1.16 bits per heavy atom. The van der Waals surface area contributed by atoms with Gasteiger partial charge in [0.2, 0.25) is 0 Å². The van der Waals surface area contributed by atoms with Gasteiger partial charge in [0.15, 0.2) is 14.1 Å². The van der Waals surface area contributed by atoms with Crippen LogP contribution in [-0.4, -0.2) is 56.4 Å². The number of amides is 1. The highest BCUT2D eigenvalue weighted by molar-refractivity contribution is 6.74. The number of fused-ring (bicyclic) bond motifs is 1. The smallest absolute Gasteiger partial charge is 0.411 e. The molecular weight excluding hydrogens is 426 g/mol. The van der Waals surface area contributed by atoms with Gasteiger partial charge in [-0.3, -0.25) is 9.69 Å². The first-order valence-electron chi connectivity index (χ1n) is 10.9. The number of methoxy groups -OCH3 is 1. The van der Waals surface area contributed by atoms with Crippen LogP contribution in [0, 0.1) is 5.92 Å². The number of allylic oxidation sites excluding steroid dienone is 1. The lowest BCUT2D eigenvalue weighted by Crippen LogP contribution is -2.56. The maximum absolute atomic E-state index is 13.2. The van der Waals surface area contributed by atoms with E-state index in [1.165, 1.54) is 18.1 Å². The number of ketones is 1. The van der Waals surface area contributed by atoms with Gasteiger partial charge in [0.1, 0.15) is 12.6 Å². The van der Waals surface area contributed by atoms with Crippen LogP contribution in [0.2, 0.25) is 18.1 Å². The molecule has 1 aliphatic carbocycles. The second-order valence-electron chi connectivity index (χ2n) is 9.92. The maximum Gasteiger partial charge on any atom is 0.411 e. The van der Waals surface area contributed by atoms with E-state index in [1.54, 1.807) is 6.08 Å². The molecule has 32 heavy (non-hydrogen) atoms. The number of carbonyl (C=O) groups excluding carboxylic acids is 3. The number of hydrogen-bond donors (Lipinski definition) is 0. The third-order valence-electron chi connectivity index (χ3n) is 6.82. The molecule has 7 nitrogen and oxygen atoms in total. The zero-order chi connectivity index (χ0) is 23.7. The molecular formula is C24H33NO6Si. The number of benzene rings is 1. The first-order valence-corrected chi connectivity index (χ1v) is 13.8. The largest absolute Gasteiger partial charge is 0.467 e. The quantitative estimate of drug-likeness (QED) is 0.487. The Morgan fingerprint density at radius 3 is 2.41 bits per heavy atom. The minimum atomic E-state index is -2.22. The Kier molecular flexibility index (Phi) is 6.95. The van der Waals surface area contributed by atoms with Crippen molar-refractivity contribution < 1.29 is 28.3 Å². The maximum atomic E-state index is 13.2. The fourth-order valence-electron chi connectivity index (χ4n) is 4.01. The van der Waals surface area contributed by atoms with E-state index in [4.69, 9.17) is 13.9 Å². The Morgan fingerprint density at radius 2 is 1.81 bits per heavy atom. The normalized spacial score (nSPS) is 25.4. The summed E-state index contributed by atoms with van der Waals surface area (Å²) in [5.41, 5.74) is 0.833. The molecule has 4 atom stereocenters. The molecule has 1 aromatic carbocycles. The molecule has 1 saturated heterocycles. The van der Waals surface area contributed by atoms with Crippen molar-refractivity contribution in [3.8, 4) is 0 Å². The van der Waals surface area contributed by atoms with Crippen LogP contribution in [0.4, 0.5) is 4.79 Å². The summed E-state index contributed by atoms with van der Waals surface area (Å²) in [7, 11) is -0.946. The lowest BCUT2D eigenvalue weighted by atomic mass is 9.86. The number of ether oxygens (including phenoxy) is 2. The molecule has 0 aromatic heterocycles. The van der Waals surface area contributed by atoms with Gasteiger partial charge in [-0.1, -0.05) is 57.2 Å². The van der Waals surface area contributed by atoms with E-state index in [2.05, 4.69) is 33.9 Å². The van der Waals surface area contributed by atoms with Gasteiger partial charge < -0.3 is 13.9 Å². The molecule has 1 aliphatic heterocycles. The topological polar surface area (TPSA) is 82.1 Å². The Labute approximate surface area is 190 Å². The molecule has 1 heterocycles. The third kappa shape index (κ3) is 4.81. The van der Waals surface area contributed by atoms with Crippen LogP contribution in [0.1, 0.15) is 32.8 Å². The van der Waals surface area contributed by atoms with E-state index in [0.717, 1.165) is 5.56 Å². The van der Waals surface area contributed by atoms with Crippen LogP contribution in [0.3, 0.4) is 0 Å². The Hall–Kier alpha value is -2.45. The van der Waals surface area contributed by atoms with Gasteiger partial charge in [0, 0.05) is 5.92 Å². The van der Waals surface area contributed by atoms with E-state index in [-0.39, 0.29) is 23.8 Å². The molecule has 0 spiro atoms. The molecule has 0 bridgehead atoms. The SMILES string of the molecule is COC(=O)[C@@H]1C[C@H]2C(=O)C=C[C@@H](O[Si](C)(C)C(C)(C)C)[C@H]2N1C(=O)OCc1ccccc1. The first kappa shape index (κ1) is 24.2. The molecule has 0 N–H and O–H groups in total. The number of carbonyl (C=O) groups is 3. The predicted octanol–water partition coefficient (Wildman–Crippen LogP) is 4.08. The highest BCUT2D eigenvalue weighted by Crippen LogP contribution is 2.43. The number of nitrogens with zero attached hydrogens (tertiary/aromatic N) is 1. The van der Waals surface area contributed by atoms with Crippen LogP contribution < -0.4 is 0 Å². The molecule has 1 amide bonds. The number of likely N-dealkylation sites (tertiary alicyclic amines) is 1. The second-order valence-corrected chi connectivity index (χ2v) is 14.7. The van der Waals surface area contributed by atoms with Crippen LogP contribution in [-0.2, 0) is 30.1 Å². The average Bonchev–Trinajstić information content (AvgIpc) is 3.15. The summed E-state index contributed by atoms with van der Waals surface area (Å²) in [6.07, 6.45) is 2.28. The highest BCUT2D eigenvalue weighted by Gasteiger charge is 2.56. The fraction of sp³-hybridized carbons (Fsp3) is 0.542. The molecule has 174 valence electrons. The van der Waals surface area contributed by atoms with E-state index >= 15 is 0 Å². The second kappa shape index (κ2) is 9.19. The van der Waals surface area contributed by atoms with Crippen LogP contribution >= 0.6 is 0 Å². The van der Waals surface area contributed by atoms with Crippen molar-refractivity contribution in [1.29, 1.82) is 0 Å². The van der Waals surface area contributed by atoms with Crippen molar-refractivity contribution in [1.82, 2.24) is 4.90 Å². The molecule has 0 radical (unpaired) electrons. The van der Waals surface area contributed by atoms with Crippen molar-refractivity contribution in [3.63, 3.8) is 0 Å². The molecule has 3 rings (SSSR count). The van der Waals surface area contributed by atoms with Crippen molar-refractivity contribution in [3.05, 3.63) is 48.0 Å².